The fourth-order valence-corrected chi connectivity index (χ4v) is 2.49. The molecule has 1 heterocycles. The number of aromatic nitrogens is 1. The molecule has 0 radical (unpaired) electrons. The smallest absolute Gasteiger partial charge is 0.193 e. The van der Waals surface area contributed by atoms with Crippen LogP contribution in [0, 0.1) is 11.8 Å². The molecule has 88 valence electrons. The molecule has 1 aromatic heterocycles. The van der Waals surface area contributed by atoms with Gasteiger partial charge in [0.1, 0.15) is 0 Å². The van der Waals surface area contributed by atoms with Crippen LogP contribution in [0.25, 0.3) is 10.9 Å². The van der Waals surface area contributed by atoms with E-state index in [9.17, 15) is 9.59 Å². The van der Waals surface area contributed by atoms with Gasteiger partial charge in [0.25, 0.3) is 0 Å². The van der Waals surface area contributed by atoms with Gasteiger partial charge in [-0.1, -0.05) is 5.92 Å². The van der Waals surface area contributed by atoms with E-state index in [1.54, 1.807) is 0 Å². The van der Waals surface area contributed by atoms with Gasteiger partial charge in [-0.3, -0.25) is 9.59 Å². The Kier molecular flexibility index (Phi) is 2.49. The highest BCUT2D eigenvalue weighted by atomic mass is 16.1. The molecule has 1 N–H and O–H groups in total. The molecule has 0 saturated heterocycles. The number of aryl methyl sites for hydroxylation is 1. The molecule has 18 heavy (non-hydrogen) atoms. The first-order valence-electron chi connectivity index (χ1n) is 5.92. The number of fused-ring (bicyclic) bond motifs is 3. The van der Waals surface area contributed by atoms with Gasteiger partial charge < -0.3 is 4.98 Å². The molecule has 0 unspecified atom stereocenters. The van der Waals surface area contributed by atoms with Crippen LogP contribution >= 0.6 is 0 Å². The largest absolute Gasteiger partial charge is 0.352 e. The summed E-state index contributed by atoms with van der Waals surface area (Å²) in [6.45, 7) is 0. The summed E-state index contributed by atoms with van der Waals surface area (Å²) in [4.78, 5) is 25.2. The van der Waals surface area contributed by atoms with Crippen LogP contribution in [0.5, 0.6) is 0 Å². The Morgan fingerprint density at radius 3 is 3.00 bits per heavy atom. The van der Waals surface area contributed by atoms with E-state index in [1.807, 2.05) is 18.2 Å². The summed E-state index contributed by atoms with van der Waals surface area (Å²) in [5.41, 5.74) is 3.61. The normalized spacial score (nSPS) is 13.9. The number of rotatable bonds is 0. The average molecular weight is 237 g/mol. The van der Waals surface area contributed by atoms with Gasteiger partial charge in [0.05, 0.1) is 5.69 Å². The first-order chi connectivity index (χ1) is 8.79. The summed E-state index contributed by atoms with van der Waals surface area (Å²) in [5, 5.41) is 1.05. The van der Waals surface area contributed by atoms with E-state index in [2.05, 4.69) is 16.8 Å². The highest BCUT2D eigenvalue weighted by Gasteiger charge is 2.21. The molecule has 0 saturated carbocycles. The van der Waals surface area contributed by atoms with Crippen molar-refractivity contribution in [3.8, 4) is 11.8 Å². The molecule has 1 aliphatic carbocycles. The van der Waals surface area contributed by atoms with E-state index in [0.29, 0.717) is 12.7 Å². The number of hydrogen-bond acceptors (Lipinski definition) is 2. The molecule has 0 atom stereocenters. The molecular formula is C15H11NO2. The maximum atomic E-state index is 11.8. The zero-order chi connectivity index (χ0) is 12.5. The Labute approximate surface area is 104 Å². The van der Waals surface area contributed by atoms with Gasteiger partial charge in [0.15, 0.2) is 12.1 Å². The minimum atomic E-state index is 0.188. The van der Waals surface area contributed by atoms with Crippen molar-refractivity contribution < 1.29 is 9.59 Å². The first kappa shape index (κ1) is 10.8. The lowest BCUT2D eigenvalue weighted by Crippen LogP contribution is -2.09. The van der Waals surface area contributed by atoms with Crippen LogP contribution < -0.4 is 0 Å². The zero-order valence-corrected chi connectivity index (χ0v) is 9.75. The van der Waals surface area contributed by atoms with Gasteiger partial charge in [-0.15, -0.1) is 0 Å². The first-order valence-corrected chi connectivity index (χ1v) is 5.92. The number of benzene rings is 1. The van der Waals surface area contributed by atoms with Crippen molar-refractivity contribution in [1.82, 2.24) is 4.98 Å². The predicted octanol–water partition coefficient (Wildman–Crippen LogP) is 2.24. The topological polar surface area (TPSA) is 49.9 Å². The van der Waals surface area contributed by atoms with E-state index in [4.69, 9.17) is 0 Å². The molecule has 1 aliphatic rings. The minimum Gasteiger partial charge on any atom is -0.352 e. The lowest BCUT2D eigenvalue weighted by Gasteiger charge is -2.09. The summed E-state index contributed by atoms with van der Waals surface area (Å²) in [7, 11) is 0. The number of aldehydes is 1. The zero-order valence-electron chi connectivity index (χ0n) is 9.75. The van der Waals surface area contributed by atoms with Crippen LogP contribution in [-0.2, 0) is 11.2 Å². The van der Waals surface area contributed by atoms with E-state index in [1.165, 1.54) is 0 Å². The minimum absolute atomic E-state index is 0.188. The van der Waals surface area contributed by atoms with E-state index in [0.717, 1.165) is 40.6 Å². The number of carbonyl (C=O) groups excluding carboxylic acids is 2. The van der Waals surface area contributed by atoms with Gasteiger partial charge in [-0.2, -0.15) is 0 Å². The summed E-state index contributed by atoms with van der Waals surface area (Å²) in [6.07, 6.45) is 3.03. The molecule has 3 heteroatoms. The summed E-state index contributed by atoms with van der Waals surface area (Å²) in [6, 6.07) is 5.71. The average Bonchev–Trinajstić information content (AvgIpc) is 2.76. The third-order valence-corrected chi connectivity index (χ3v) is 3.29. The van der Waals surface area contributed by atoms with Crippen molar-refractivity contribution in [3.63, 3.8) is 0 Å². The van der Waals surface area contributed by atoms with Crippen molar-refractivity contribution in [2.45, 2.75) is 19.3 Å². The Hall–Kier alpha value is -2.34. The number of aromatic amines is 1. The maximum absolute atomic E-state index is 11.8. The van der Waals surface area contributed by atoms with Crippen molar-refractivity contribution in [1.29, 1.82) is 0 Å². The molecule has 3 nitrogen and oxygen atoms in total. The van der Waals surface area contributed by atoms with Crippen LogP contribution in [0.1, 0.15) is 34.5 Å². The third kappa shape index (κ3) is 1.63. The van der Waals surface area contributed by atoms with Crippen LogP contribution in [0.15, 0.2) is 18.2 Å². The summed E-state index contributed by atoms with van der Waals surface area (Å²) >= 11 is 0. The fourth-order valence-electron chi connectivity index (χ4n) is 2.49. The molecular weight excluding hydrogens is 226 g/mol. The van der Waals surface area contributed by atoms with Crippen molar-refractivity contribution >= 4 is 23.0 Å². The highest BCUT2D eigenvalue weighted by Crippen LogP contribution is 2.29. The molecule has 1 aromatic carbocycles. The molecule has 3 rings (SSSR count). The van der Waals surface area contributed by atoms with Gasteiger partial charge in [-0.25, -0.2) is 0 Å². The second-order valence-corrected chi connectivity index (χ2v) is 4.40. The van der Waals surface area contributed by atoms with Gasteiger partial charge >= 0.3 is 0 Å². The molecule has 0 aliphatic heterocycles. The number of carbonyl (C=O) groups is 2. The molecule has 0 amide bonds. The van der Waals surface area contributed by atoms with Gasteiger partial charge in [0.2, 0.25) is 0 Å². The number of ketones is 1. The SMILES string of the molecule is O=CC#Cc1ccc2[nH]c3c(c2c1)CCCC3=O. The predicted molar refractivity (Wildman–Crippen MR) is 68.5 cm³/mol. The number of Topliss-reactive ketones (excluding diaryl/α,β-unsaturated/α-hetero) is 1. The molecule has 0 bridgehead atoms. The highest BCUT2D eigenvalue weighted by molar-refractivity contribution is 6.03. The molecule has 2 aromatic rings. The van der Waals surface area contributed by atoms with Crippen molar-refractivity contribution in [3.05, 3.63) is 35.0 Å². The van der Waals surface area contributed by atoms with E-state index in [-0.39, 0.29) is 5.78 Å². The fraction of sp³-hybridized carbons (Fsp3) is 0.200. The Morgan fingerprint density at radius 2 is 2.17 bits per heavy atom. The van der Waals surface area contributed by atoms with Crippen LogP contribution in [0.4, 0.5) is 0 Å². The maximum Gasteiger partial charge on any atom is 0.193 e. The summed E-state index contributed by atoms with van der Waals surface area (Å²) < 4.78 is 0. The second kappa shape index (κ2) is 4.15. The Morgan fingerprint density at radius 1 is 1.28 bits per heavy atom. The van der Waals surface area contributed by atoms with Crippen LogP contribution in [-0.4, -0.2) is 17.1 Å². The molecule has 0 fully saturated rings. The van der Waals surface area contributed by atoms with Gasteiger partial charge in [0, 0.05) is 22.9 Å². The van der Waals surface area contributed by atoms with Crippen LogP contribution in [0.2, 0.25) is 0 Å². The van der Waals surface area contributed by atoms with E-state index < -0.39 is 0 Å². The third-order valence-electron chi connectivity index (χ3n) is 3.29. The number of H-pyrrole nitrogens is 1. The van der Waals surface area contributed by atoms with E-state index >= 15 is 0 Å². The van der Waals surface area contributed by atoms with Crippen molar-refractivity contribution in [2.75, 3.05) is 0 Å². The second-order valence-electron chi connectivity index (χ2n) is 4.40. The molecule has 0 spiro atoms. The monoisotopic (exact) mass is 237 g/mol. The van der Waals surface area contributed by atoms with Gasteiger partial charge in [-0.05, 0) is 42.5 Å². The van der Waals surface area contributed by atoms with Crippen LogP contribution in [0.3, 0.4) is 0 Å². The lowest BCUT2D eigenvalue weighted by atomic mass is 9.94. The Bertz CT molecular complexity index is 713. The number of nitrogens with one attached hydrogen (secondary N) is 1. The lowest BCUT2D eigenvalue weighted by molar-refractivity contribution is -0.103. The number of hydrogen-bond donors (Lipinski definition) is 1. The van der Waals surface area contributed by atoms with Crippen molar-refractivity contribution in [2.24, 2.45) is 0 Å². The summed E-state index contributed by atoms with van der Waals surface area (Å²) in [5.74, 6) is 5.37. The standard InChI is InChI=1S/C15H11NO2/c17-8-2-3-10-6-7-13-12(9-10)11-4-1-5-14(18)15(11)16-13/h6-9,16H,1,4-5H2. The Balaban J connectivity index is 2.21. The quantitative estimate of drug-likeness (QED) is 0.564.